The Bertz CT molecular complexity index is 646. The number of carbonyl (C=O) groups is 1. The molecule has 1 aromatic heterocycles. The number of benzene rings is 1. The summed E-state index contributed by atoms with van der Waals surface area (Å²) < 4.78 is 10.5. The zero-order chi connectivity index (χ0) is 15.9. The number of carbonyl (C=O) groups excluding carboxylic acids is 1. The summed E-state index contributed by atoms with van der Waals surface area (Å²) in [6.07, 6.45) is 1.97. The SMILES string of the molecule is CCOCc1nnc(NC(=O)c2ccc(SC)cc2OC)s1. The minimum absolute atomic E-state index is 0.274. The van der Waals surface area contributed by atoms with Crippen molar-refractivity contribution >= 4 is 34.1 Å². The Hall–Kier alpha value is -1.64. The number of hydrogen-bond donors (Lipinski definition) is 1. The zero-order valence-corrected chi connectivity index (χ0v) is 14.2. The van der Waals surface area contributed by atoms with Gasteiger partial charge in [-0.2, -0.15) is 0 Å². The van der Waals surface area contributed by atoms with Crippen LogP contribution in [0.1, 0.15) is 22.3 Å². The van der Waals surface area contributed by atoms with Crippen molar-refractivity contribution in [2.75, 3.05) is 25.3 Å². The number of nitrogens with one attached hydrogen (secondary N) is 1. The van der Waals surface area contributed by atoms with Crippen molar-refractivity contribution in [3.8, 4) is 5.75 Å². The van der Waals surface area contributed by atoms with Crippen LogP contribution >= 0.6 is 23.1 Å². The van der Waals surface area contributed by atoms with E-state index in [1.54, 1.807) is 24.9 Å². The molecule has 0 atom stereocenters. The van der Waals surface area contributed by atoms with Crippen LogP contribution in [-0.2, 0) is 11.3 Å². The summed E-state index contributed by atoms with van der Waals surface area (Å²) in [5, 5.41) is 11.8. The van der Waals surface area contributed by atoms with Gasteiger partial charge >= 0.3 is 0 Å². The molecule has 0 saturated carbocycles. The first-order chi connectivity index (χ1) is 10.7. The van der Waals surface area contributed by atoms with Crippen LogP contribution in [0.25, 0.3) is 0 Å². The van der Waals surface area contributed by atoms with Gasteiger partial charge in [0.1, 0.15) is 17.4 Å². The number of aromatic nitrogens is 2. The van der Waals surface area contributed by atoms with Gasteiger partial charge < -0.3 is 9.47 Å². The van der Waals surface area contributed by atoms with Gasteiger partial charge in [-0.1, -0.05) is 11.3 Å². The van der Waals surface area contributed by atoms with Crippen molar-refractivity contribution in [3.05, 3.63) is 28.8 Å². The molecule has 22 heavy (non-hydrogen) atoms. The first-order valence-electron chi connectivity index (χ1n) is 6.61. The van der Waals surface area contributed by atoms with Crippen LogP contribution in [0.4, 0.5) is 5.13 Å². The number of amides is 1. The van der Waals surface area contributed by atoms with Crippen molar-refractivity contribution in [1.82, 2.24) is 10.2 Å². The molecule has 1 N–H and O–H groups in total. The Morgan fingerprint density at radius 3 is 2.91 bits per heavy atom. The Morgan fingerprint density at radius 2 is 2.23 bits per heavy atom. The molecule has 0 fully saturated rings. The summed E-state index contributed by atoms with van der Waals surface area (Å²) in [6, 6.07) is 5.45. The molecule has 0 radical (unpaired) electrons. The summed E-state index contributed by atoms with van der Waals surface area (Å²) in [7, 11) is 1.54. The van der Waals surface area contributed by atoms with E-state index < -0.39 is 0 Å². The molecule has 2 aromatic rings. The van der Waals surface area contributed by atoms with Crippen LogP contribution in [0, 0.1) is 0 Å². The van der Waals surface area contributed by atoms with Crippen molar-refractivity contribution in [3.63, 3.8) is 0 Å². The van der Waals surface area contributed by atoms with Gasteiger partial charge in [0.15, 0.2) is 0 Å². The normalized spacial score (nSPS) is 10.5. The van der Waals surface area contributed by atoms with Crippen LogP contribution in [0.15, 0.2) is 23.1 Å². The van der Waals surface area contributed by atoms with Crippen LogP contribution in [0.3, 0.4) is 0 Å². The zero-order valence-electron chi connectivity index (χ0n) is 12.6. The number of nitrogens with zero attached hydrogens (tertiary/aromatic N) is 2. The highest BCUT2D eigenvalue weighted by molar-refractivity contribution is 7.98. The lowest BCUT2D eigenvalue weighted by Crippen LogP contribution is -2.13. The molecule has 2 rings (SSSR count). The Balaban J connectivity index is 2.10. The van der Waals surface area contributed by atoms with Gasteiger partial charge in [-0.25, -0.2) is 0 Å². The second-order valence-corrected chi connectivity index (χ2v) is 6.10. The van der Waals surface area contributed by atoms with Crippen molar-refractivity contribution < 1.29 is 14.3 Å². The summed E-state index contributed by atoms with van der Waals surface area (Å²) in [5.74, 6) is 0.256. The monoisotopic (exact) mass is 339 g/mol. The molecule has 0 aliphatic heterocycles. The Labute approximate surface area is 137 Å². The van der Waals surface area contributed by atoms with E-state index in [0.29, 0.717) is 29.7 Å². The predicted octanol–water partition coefficient (Wildman–Crippen LogP) is 3.06. The molecule has 8 heteroatoms. The number of hydrogen-bond acceptors (Lipinski definition) is 7. The maximum absolute atomic E-state index is 12.3. The molecule has 0 bridgehead atoms. The highest BCUT2D eigenvalue weighted by Gasteiger charge is 2.15. The molecule has 6 nitrogen and oxygen atoms in total. The minimum Gasteiger partial charge on any atom is -0.496 e. The molecule has 0 unspecified atom stereocenters. The van der Waals surface area contributed by atoms with Crippen LogP contribution in [0.5, 0.6) is 5.75 Å². The molecular formula is C14H17N3O3S2. The van der Waals surface area contributed by atoms with E-state index in [4.69, 9.17) is 9.47 Å². The third-order valence-corrected chi connectivity index (χ3v) is 4.31. The maximum atomic E-state index is 12.3. The lowest BCUT2D eigenvalue weighted by atomic mass is 10.2. The predicted molar refractivity (Wildman–Crippen MR) is 88.0 cm³/mol. The summed E-state index contributed by atoms with van der Waals surface area (Å²) in [6.45, 7) is 2.92. The van der Waals surface area contributed by atoms with Crippen LogP contribution in [-0.4, -0.2) is 36.1 Å². The van der Waals surface area contributed by atoms with E-state index in [-0.39, 0.29) is 5.91 Å². The fourth-order valence-electron chi connectivity index (χ4n) is 1.70. The van der Waals surface area contributed by atoms with Gasteiger partial charge in [0.25, 0.3) is 5.91 Å². The Morgan fingerprint density at radius 1 is 1.41 bits per heavy atom. The largest absolute Gasteiger partial charge is 0.496 e. The molecule has 0 spiro atoms. The van der Waals surface area contributed by atoms with E-state index in [9.17, 15) is 4.79 Å². The fourth-order valence-corrected chi connectivity index (χ4v) is 2.80. The molecule has 0 saturated heterocycles. The maximum Gasteiger partial charge on any atom is 0.261 e. The number of rotatable bonds is 7. The third-order valence-electron chi connectivity index (χ3n) is 2.77. The quantitative estimate of drug-likeness (QED) is 0.782. The van der Waals surface area contributed by atoms with Gasteiger partial charge in [-0.05, 0) is 31.4 Å². The van der Waals surface area contributed by atoms with Gasteiger partial charge in [0.05, 0.1) is 12.7 Å². The summed E-state index contributed by atoms with van der Waals surface area (Å²) in [4.78, 5) is 13.4. The number of ether oxygens (including phenoxy) is 2. The van der Waals surface area contributed by atoms with E-state index in [1.807, 2.05) is 25.3 Å². The van der Waals surface area contributed by atoms with Gasteiger partial charge in [0, 0.05) is 11.5 Å². The van der Waals surface area contributed by atoms with Crippen molar-refractivity contribution in [2.24, 2.45) is 0 Å². The molecule has 0 aliphatic rings. The minimum atomic E-state index is -0.274. The lowest BCUT2D eigenvalue weighted by Gasteiger charge is -2.09. The fraction of sp³-hybridized carbons (Fsp3) is 0.357. The van der Waals surface area contributed by atoms with E-state index >= 15 is 0 Å². The number of anilines is 1. The second kappa shape index (κ2) is 8.11. The third kappa shape index (κ3) is 4.19. The second-order valence-electron chi connectivity index (χ2n) is 4.16. The molecule has 1 heterocycles. The van der Waals surface area contributed by atoms with E-state index in [2.05, 4.69) is 15.5 Å². The molecular weight excluding hydrogens is 322 g/mol. The first kappa shape index (κ1) is 16.7. The standard InChI is InChI=1S/C14H17N3O3S2/c1-4-20-8-12-16-17-14(22-12)15-13(18)10-6-5-9(21-3)7-11(10)19-2/h5-7H,4,8H2,1-3H3,(H,15,17,18). The molecule has 0 aliphatic carbocycles. The highest BCUT2D eigenvalue weighted by atomic mass is 32.2. The molecule has 118 valence electrons. The average Bonchev–Trinajstić information content (AvgIpc) is 2.99. The summed E-state index contributed by atoms with van der Waals surface area (Å²) in [5.41, 5.74) is 0.460. The first-order valence-corrected chi connectivity index (χ1v) is 8.65. The van der Waals surface area contributed by atoms with Gasteiger partial charge in [-0.15, -0.1) is 22.0 Å². The van der Waals surface area contributed by atoms with Crippen molar-refractivity contribution in [2.45, 2.75) is 18.4 Å². The van der Waals surface area contributed by atoms with E-state index in [0.717, 1.165) is 9.90 Å². The van der Waals surface area contributed by atoms with Gasteiger partial charge in [0.2, 0.25) is 5.13 Å². The molecule has 1 aromatic carbocycles. The number of thioether (sulfide) groups is 1. The number of methoxy groups -OCH3 is 1. The summed E-state index contributed by atoms with van der Waals surface area (Å²) >= 11 is 2.88. The molecule has 1 amide bonds. The van der Waals surface area contributed by atoms with Crippen LogP contribution < -0.4 is 10.1 Å². The van der Waals surface area contributed by atoms with Crippen molar-refractivity contribution in [1.29, 1.82) is 0 Å². The van der Waals surface area contributed by atoms with Crippen LogP contribution in [0.2, 0.25) is 0 Å². The highest BCUT2D eigenvalue weighted by Crippen LogP contribution is 2.26. The average molecular weight is 339 g/mol. The van der Waals surface area contributed by atoms with Gasteiger partial charge in [-0.3, -0.25) is 10.1 Å². The smallest absolute Gasteiger partial charge is 0.261 e. The topological polar surface area (TPSA) is 73.3 Å². The Kier molecular flexibility index (Phi) is 6.17. The van der Waals surface area contributed by atoms with E-state index in [1.165, 1.54) is 11.3 Å². The lowest BCUT2D eigenvalue weighted by molar-refractivity contribution is 0.102.